The first-order valence-corrected chi connectivity index (χ1v) is 6.56. The van der Waals surface area contributed by atoms with Gasteiger partial charge in [-0.15, -0.1) is 0 Å². The van der Waals surface area contributed by atoms with Crippen LogP contribution in [-0.4, -0.2) is 32.5 Å². The van der Waals surface area contributed by atoms with Crippen molar-refractivity contribution in [1.82, 2.24) is 19.3 Å². The van der Waals surface area contributed by atoms with E-state index in [1.807, 2.05) is 33.3 Å². The van der Waals surface area contributed by atoms with E-state index in [1.165, 1.54) is 0 Å². The maximum Gasteiger partial charge on any atom is 0.207 e. The quantitative estimate of drug-likeness (QED) is 0.777. The zero-order valence-corrected chi connectivity index (χ0v) is 11.8. The molecule has 0 aliphatic carbocycles. The van der Waals surface area contributed by atoms with Crippen LogP contribution >= 0.6 is 0 Å². The van der Waals surface area contributed by atoms with Gasteiger partial charge in [0.15, 0.2) is 0 Å². The molecule has 2 aromatic rings. The third-order valence-electron chi connectivity index (χ3n) is 2.75. The summed E-state index contributed by atoms with van der Waals surface area (Å²) >= 11 is 0. The van der Waals surface area contributed by atoms with Crippen LogP contribution in [0.1, 0.15) is 19.0 Å². The SMILES string of the molecule is CCOCCCn1cc(C)nc1Nc1cnn(C)c1. The molecule has 0 spiro atoms. The largest absolute Gasteiger partial charge is 0.382 e. The molecule has 104 valence electrons. The Morgan fingerprint density at radius 2 is 2.21 bits per heavy atom. The number of hydrogen-bond donors (Lipinski definition) is 1. The first kappa shape index (κ1) is 13.6. The second-order valence-corrected chi connectivity index (χ2v) is 4.48. The van der Waals surface area contributed by atoms with E-state index in [9.17, 15) is 0 Å². The Labute approximate surface area is 113 Å². The maximum atomic E-state index is 5.36. The predicted octanol–water partition coefficient (Wildman–Crippen LogP) is 2.10. The minimum Gasteiger partial charge on any atom is -0.382 e. The van der Waals surface area contributed by atoms with Gasteiger partial charge in [-0.3, -0.25) is 4.68 Å². The summed E-state index contributed by atoms with van der Waals surface area (Å²) in [6.45, 7) is 6.44. The summed E-state index contributed by atoms with van der Waals surface area (Å²) in [6.07, 6.45) is 6.74. The zero-order chi connectivity index (χ0) is 13.7. The Morgan fingerprint density at radius 1 is 1.37 bits per heavy atom. The highest BCUT2D eigenvalue weighted by Crippen LogP contribution is 2.15. The van der Waals surface area contributed by atoms with Crippen molar-refractivity contribution in [3.63, 3.8) is 0 Å². The second-order valence-electron chi connectivity index (χ2n) is 4.48. The molecule has 6 nitrogen and oxygen atoms in total. The van der Waals surface area contributed by atoms with Crippen LogP contribution in [0.5, 0.6) is 0 Å². The molecule has 0 amide bonds. The Kier molecular flexibility index (Phi) is 4.57. The fourth-order valence-electron chi connectivity index (χ4n) is 1.91. The van der Waals surface area contributed by atoms with Gasteiger partial charge in [0.2, 0.25) is 5.95 Å². The molecule has 0 saturated carbocycles. The standard InChI is InChI=1S/C13H21N5O/c1-4-19-7-5-6-18-9-11(2)15-13(18)16-12-8-14-17(3)10-12/h8-10H,4-7H2,1-3H3,(H,15,16). The molecule has 0 aliphatic heterocycles. The first-order chi connectivity index (χ1) is 9.19. The minimum absolute atomic E-state index is 0.768. The Balaban J connectivity index is 1.99. The summed E-state index contributed by atoms with van der Waals surface area (Å²) < 4.78 is 9.23. The van der Waals surface area contributed by atoms with E-state index in [0.717, 1.165) is 43.5 Å². The molecule has 19 heavy (non-hydrogen) atoms. The molecule has 0 bridgehead atoms. The molecule has 0 unspecified atom stereocenters. The van der Waals surface area contributed by atoms with E-state index in [1.54, 1.807) is 10.9 Å². The van der Waals surface area contributed by atoms with E-state index < -0.39 is 0 Å². The molecule has 2 aromatic heterocycles. The number of ether oxygens (including phenoxy) is 1. The van der Waals surface area contributed by atoms with Crippen molar-refractivity contribution in [3.05, 3.63) is 24.3 Å². The van der Waals surface area contributed by atoms with Crippen molar-refractivity contribution in [2.24, 2.45) is 7.05 Å². The molecule has 1 N–H and O–H groups in total. The second kappa shape index (κ2) is 6.38. The number of anilines is 2. The molecule has 0 saturated heterocycles. The van der Waals surface area contributed by atoms with Crippen LogP contribution in [0.3, 0.4) is 0 Å². The van der Waals surface area contributed by atoms with E-state index in [2.05, 4.69) is 20.0 Å². The molecule has 0 atom stereocenters. The molecular formula is C13H21N5O. The van der Waals surface area contributed by atoms with E-state index in [4.69, 9.17) is 4.74 Å². The summed E-state index contributed by atoms with van der Waals surface area (Å²) in [5.41, 5.74) is 1.95. The first-order valence-electron chi connectivity index (χ1n) is 6.56. The fraction of sp³-hybridized carbons (Fsp3) is 0.538. The van der Waals surface area contributed by atoms with Gasteiger partial charge in [-0.05, 0) is 20.3 Å². The molecule has 0 radical (unpaired) electrons. The number of aryl methyl sites for hydroxylation is 3. The average molecular weight is 263 g/mol. The highest BCUT2D eigenvalue weighted by molar-refractivity contribution is 5.51. The van der Waals surface area contributed by atoms with Crippen molar-refractivity contribution in [1.29, 1.82) is 0 Å². The molecule has 0 aliphatic rings. The molecular weight excluding hydrogens is 242 g/mol. The van der Waals surface area contributed by atoms with E-state index in [0.29, 0.717) is 0 Å². The van der Waals surface area contributed by atoms with Gasteiger partial charge in [-0.2, -0.15) is 5.10 Å². The number of imidazole rings is 1. The van der Waals surface area contributed by atoms with Gasteiger partial charge < -0.3 is 14.6 Å². The molecule has 2 rings (SSSR count). The number of nitrogens with one attached hydrogen (secondary N) is 1. The lowest BCUT2D eigenvalue weighted by Gasteiger charge is -2.08. The topological polar surface area (TPSA) is 56.9 Å². The average Bonchev–Trinajstić information content (AvgIpc) is 2.92. The van der Waals surface area contributed by atoms with Crippen LogP contribution < -0.4 is 5.32 Å². The number of aromatic nitrogens is 4. The highest BCUT2D eigenvalue weighted by atomic mass is 16.5. The van der Waals surface area contributed by atoms with E-state index >= 15 is 0 Å². The zero-order valence-electron chi connectivity index (χ0n) is 11.8. The molecule has 6 heteroatoms. The van der Waals surface area contributed by atoms with Gasteiger partial charge in [-0.1, -0.05) is 0 Å². The van der Waals surface area contributed by atoms with Gasteiger partial charge in [0.25, 0.3) is 0 Å². The Morgan fingerprint density at radius 3 is 2.89 bits per heavy atom. The van der Waals surface area contributed by atoms with Gasteiger partial charge in [0, 0.05) is 39.2 Å². The van der Waals surface area contributed by atoms with Gasteiger partial charge in [-0.25, -0.2) is 4.98 Å². The van der Waals surface area contributed by atoms with Crippen LogP contribution in [-0.2, 0) is 18.3 Å². The minimum atomic E-state index is 0.768. The van der Waals surface area contributed by atoms with Crippen LogP contribution in [0.2, 0.25) is 0 Å². The highest BCUT2D eigenvalue weighted by Gasteiger charge is 2.06. The summed E-state index contributed by atoms with van der Waals surface area (Å²) in [5, 5.41) is 7.42. The van der Waals surface area contributed by atoms with E-state index in [-0.39, 0.29) is 0 Å². The lowest BCUT2D eigenvalue weighted by molar-refractivity contribution is 0.142. The van der Waals surface area contributed by atoms with Crippen LogP contribution in [0.15, 0.2) is 18.6 Å². The predicted molar refractivity (Wildman–Crippen MR) is 74.6 cm³/mol. The lowest BCUT2D eigenvalue weighted by Crippen LogP contribution is -2.05. The van der Waals surface area contributed by atoms with Gasteiger partial charge in [0.1, 0.15) is 0 Å². The van der Waals surface area contributed by atoms with Crippen molar-refractivity contribution >= 4 is 11.6 Å². The lowest BCUT2D eigenvalue weighted by atomic mass is 10.4. The fourth-order valence-corrected chi connectivity index (χ4v) is 1.91. The van der Waals surface area contributed by atoms with Gasteiger partial charge >= 0.3 is 0 Å². The summed E-state index contributed by atoms with van der Waals surface area (Å²) in [6, 6.07) is 0. The Hall–Kier alpha value is -1.82. The van der Waals surface area contributed by atoms with Crippen molar-refractivity contribution < 1.29 is 4.74 Å². The third-order valence-corrected chi connectivity index (χ3v) is 2.75. The summed E-state index contributed by atoms with van der Waals surface area (Å²) in [7, 11) is 1.89. The van der Waals surface area contributed by atoms with Crippen LogP contribution in [0, 0.1) is 6.92 Å². The summed E-state index contributed by atoms with van der Waals surface area (Å²) in [5.74, 6) is 0.849. The monoisotopic (exact) mass is 263 g/mol. The third kappa shape index (κ3) is 3.82. The number of nitrogens with zero attached hydrogens (tertiary/aromatic N) is 4. The number of rotatable bonds is 7. The number of hydrogen-bond acceptors (Lipinski definition) is 4. The molecule has 2 heterocycles. The summed E-state index contributed by atoms with van der Waals surface area (Å²) in [4.78, 5) is 4.49. The normalized spacial score (nSPS) is 10.9. The smallest absolute Gasteiger partial charge is 0.207 e. The maximum absolute atomic E-state index is 5.36. The van der Waals surface area contributed by atoms with Crippen LogP contribution in [0.25, 0.3) is 0 Å². The van der Waals surface area contributed by atoms with Crippen molar-refractivity contribution in [2.45, 2.75) is 26.8 Å². The van der Waals surface area contributed by atoms with Gasteiger partial charge in [0.05, 0.1) is 17.6 Å². The molecule has 0 aromatic carbocycles. The van der Waals surface area contributed by atoms with Crippen molar-refractivity contribution in [3.8, 4) is 0 Å². The van der Waals surface area contributed by atoms with Crippen molar-refractivity contribution in [2.75, 3.05) is 18.5 Å². The molecule has 0 fully saturated rings. The Bertz CT molecular complexity index is 517. The van der Waals surface area contributed by atoms with Crippen LogP contribution in [0.4, 0.5) is 11.6 Å².